The third-order valence-corrected chi connectivity index (χ3v) is 2.91. The van der Waals surface area contributed by atoms with Gasteiger partial charge in [0.05, 0.1) is 6.20 Å². The van der Waals surface area contributed by atoms with Gasteiger partial charge in [-0.2, -0.15) is 0 Å². The molecule has 3 heteroatoms. The Labute approximate surface area is 78.8 Å². The van der Waals surface area contributed by atoms with Crippen LogP contribution in [-0.2, 0) is 0 Å². The molecule has 0 radical (unpaired) electrons. The van der Waals surface area contributed by atoms with E-state index in [0.717, 1.165) is 5.92 Å². The first kappa shape index (κ1) is 8.75. The summed E-state index contributed by atoms with van der Waals surface area (Å²) in [5.41, 5.74) is 0. The van der Waals surface area contributed by atoms with E-state index in [9.17, 15) is 0 Å². The van der Waals surface area contributed by atoms with Crippen molar-refractivity contribution < 1.29 is 4.42 Å². The molecule has 0 N–H and O–H groups in total. The van der Waals surface area contributed by atoms with Crippen molar-refractivity contribution in [2.45, 2.75) is 19.3 Å². The molecule has 3 saturated heterocycles. The largest absolute Gasteiger partial charge is 0.452 e. The SMILES string of the molecule is C1CN2CCC1CC2.c1cocn1. The molecule has 0 spiro atoms. The Balaban J connectivity index is 0.000000113. The zero-order valence-corrected chi connectivity index (χ0v) is 7.85. The third kappa shape index (κ3) is 2.56. The molecule has 3 aliphatic rings. The van der Waals surface area contributed by atoms with E-state index >= 15 is 0 Å². The van der Waals surface area contributed by atoms with Gasteiger partial charge in [0.25, 0.3) is 0 Å². The van der Waals surface area contributed by atoms with Gasteiger partial charge in [-0.05, 0) is 44.8 Å². The van der Waals surface area contributed by atoms with E-state index in [2.05, 4.69) is 14.3 Å². The van der Waals surface area contributed by atoms with Gasteiger partial charge >= 0.3 is 0 Å². The van der Waals surface area contributed by atoms with E-state index in [4.69, 9.17) is 0 Å². The summed E-state index contributed by atoms with van der Waals surface area (Å²) in [7, 11) is 0. The highest BCUT2D eigenvalue weighted by molar-refractivity contribution is 4.78. The highest BCUT2D eigenvalue weighted by Crippen LogP contribution is 2.26. The fraction of sp³-hybridized carbons (Fsp3) is 0.700. The molecule has 0 aromatic carbocycles. The van der Waals surface area contributed by atoms with Gasteiger partial charge in [-0.3, -0.25) is 0 Å². The van der Waals surface area contributed by atoms with Gasteiger partial charge in [-0.1, -0.05) is 0 Å². The van der Waals surface area contributed by atoms with Crippen molar-refractivity contribution in [3.8, 4) is 0 Å². The van der Waals surface area contributed by atoms with Gasteiger partial charge in [-0.15, -0.1) is 0 Å². The van der Waals surface area contributed by atoms with Gasteiger partial charge in [0.2, 0.25) is 0 Å². The summed E-state index contributed by atoms with van der Waals surface area (Å²) in [5.74, 6) is 1.11. The van der Waals surface area contributed by atoms with Gasteiger partial charge in [-0.25, -0.2) is 4.98 Å². The van der Waals surface area contributed by atoms with Crippen LogP contribution >= 0.6 is 0 Å². The molecule has 0 amide bonds. The molecule has 3 aliphatic heterocycles. The van der Waals surface area contributed by atoms with Crippen LogP contribution in [0, 0.1) is 5.92 Å². The number of piperidine rings is 3. The second-order valence-corrected chi connectivity index (χ2v) is 3.75. The fourth-order valence-corrected chi connectivity index (χ4v) is 2.04. The second kappa shape index (κ2) is 4.42. The molecule has 0 unspecified atom stereocenters. The topological polar surface area (TPSA) is 29.3 Å². The lowest BCUT2D eigenvalue weighted by Crippen LogP contribution is -2.41. The predicted octanol–water partition coefficient (Wildman–Crippen LogP) is 1.78. The number of fused-ring (bicyclic) bond motifs is 3. The van der Waals surface area contributed by atoms with E-state index in [1.165, 1.54) is 51.6 Å². The van der Waals surface area contributed by atoms with Gasteiger partial charge < -0.3 is 9.32 Å². The molecule has 1 aromatic rings. The summed E-state index contributed by atoms with van der Waals surface area (Å²) in [6.45, 7) is 4.18. The van der Waals surface area contributed by atoms with Crippen LogP contribution in [0.1, 0.15) is 19.3 Å². The van der Waals surface area contributed by atoms with Crippen molar-refractivity contribution in [1.82, 2.24) is 9.88 Å². The minimum Gasteiger partial charge on any atom is -0.452 e. The van der Waals surface area contributed by atoms with Crippen LogP contribution < -0.4 is 0 Å². The first-order chi connectivity index (χ1) is 6.45. The van der Waals surface area contributed by atoms with Gasteiger partial charge in [0.15, 0.2) is 6.39 Å². The lowest BCUT2D eigenvalue weighted by Gasteiger charge is -2.38. The second-order valence-electron chi connectivity index (χ2n) is 3.75. The van der Waals surface area contributed by atoms with Crippen LogP contribution in [0.15, 0.2) is 23.3 Å². The van der Waals surface area contributed by atoms with Crippen molar-refractivity contribution in [1.29, 1.82) is 0 Å². The smallest absolute Gasteiger partial charge is 0.180 e. The minimum absolute atomic E-state index is 1.11. The lowest BCUT2D eigenvalue weighted by atomic mass is 9.89. The molecule has 0 atom stereocenters. The highest BCUT2D eigenvalue weighted by Gasteiger charge is 2.24. The van der Waals surface area contributed by atoms with Crippen molar-refractivity contribution in [3.63, 3.8) is 0 Å². The zero-order valence-electron chi connectivity index (χ0n) is 7.85. The normalized spacial score (nSPS) is 30.8. The molecule has 72 valence electrons. The lowest BCUT2D eigenvalue weighted by molar-refractivity contribution is 0.111. The van der Waals surface area contributed by atoms with Crippen LogP contribution in [0.25, 0.3) is 0 Å². The van der Waals surface area contributed by atoms with Crippen LogP contribution in [0.2, 0.25) is 0 Å². The Morgan fingerprint density at radius 3 is 2.00 bits per heavy atom. The summed E-state index contributed by atoms with van der Waals surface area (Å²) >= 11 is 0. The molecule has 3 fully saturated rings. The van der Waals surface area contributed by atoms with Crippen LogP contribution in [0.3, 0.4) is 0 Å². The first-order valence-corrected chi connectivity index (χ1v) is 4.99. The maximum atomic E-state index is 4.47. The number of nitrogens with zero attached hydrogens (tertiary/aromatic N) is 2. The Morgan fingerprint density at radius 1 is 1.15 bits per heavy atom. The average molecular weight is 180 g/mol. The molecular formula is C10H16N2O. The molecule has 3 nitrogen and oxygen atoms in total. The molecule has 13 heavy (non-hydrogen) atoms. The van der Waals surface area contributed by atoms with Crippen LogP contribution in [-0.4, -0.2) is 29.5 Å². The number of aromatic nitrogens is 1. The van der Waals surface area contributed by atoms with Crippen LogP contribution in [0.5, 0.6) is 0 Å². The summed E-state index contributed by atoms with van der Waals surface area (Å²) < 4.78 is 4.47. The molecule has 1 aromatic heterocycles. The van der Waals surface area contributed by atoms with E-state index in [-0.39, 0.29) is 0 Å². The van der Waals surface area contributed by atoms with E-state index in [1.807, 2.05) is 0 Å². The number of hydrogen-bond donors (Lipinski definition) is 0. The quantitative estimate of drug-likeness (QED) is 0.609. The van der Waals surface area contributed by atoms with Crippen molar-refractivity contribution in [3.05, 3.63) is 18.9 Å². The Kier molecular flexibility index (Phi) is 2.98. The van der Waals surface area contributed by atoms with E-state index in [1.54, 1.807) is 6.20 Å². The average Bonchev–Trinajstić information content (AvgIpc) is 2.79. The van der Waals surface area contributed by atoms with Gasteiger partial charge in [0.1, 0.15) is 6.26 Å². The summed E-state index contributed by atoms with van der Waals surface area (Å²) in [6.07, 6.45) is 8.93. The molecule has 4 heterocycles. The summed E-state index contributed by atoms with van der Waals surface area (Å²) in [4.78, 5) is 6.14. The predicted molar refractivity (Wildman–Crippen MR) is 50.3 cm³/mol. The number of oxazole rings is 1. The van der Waals surface area contributed by atoms with Crippen molar-refractivity contribution in [2.75, 3.05) is 19.6 Å². The molecule has 0 aliphatic carbocycles. The van der Waals surface area contributed by atoms with Gasteiger partial charge in [0, 0.05) is 0 Å². The third-order valence-electron chi connectivity index (χ3n) is 2.91. The van der Waals surface area contributed by atoms with E-state index < -0.39 is 0 Å². The fourth-order valence-electron chi connectivity index (χ4n) is 2.04. The van der Waals surface area contributed by atoms with Crippen molar-refractivity contribution >= 4 is 0 Å². The van der Waals surface area contributed by atoms with Crippen molar-refractivity contribution in [2.24, 2.45) is 5.92 Å². The Hall–Kier alpha value is -0.830. The summed E-state index contributed by atoms with van der Waals surface area (Å²) in [6, 6.07) is 0. The molecule has 0 saturated carbocycles. The zero-order chi connectivity index (χ0) is 8.93. The number of hydrogen-bond acceptors (Lipinski definition) is 3. The highest BCUT2D eigenvalue weighted by atomic mass is 16.3. The van der Waals surface area contributed by atoms with Crippen LogP contribution in [0.4, 0.5) is 0 Å². The Bertz CT molecular complexity index is 175. The maximum Gasteiger partial charge on any atom is 0.180 e. The maximum absolute atomic E-state index is 4.47. The minimum atomic E-state index is 1.11. The summed E-state index contributed by atoms with van der Waals surface area (Å²) in [5, 5.41) is 0. The van der Waals surface area contributed by atoms with E-state index in [0.29, 0.717) is 0 Å². The molecular weight excluding hydrogens is 164 g/mol. The first-order valence-electron chi connectivity index (χ1n) is 4.99. The number of rotatable bonds is 0. The Morgan fingerprint density at radius 2 is 1.85 bits per heavy atom. The monoisotopic (exact) mass is 180 g/mol. The molecule has 4 rings (SSSR count). The molecule has 2 bridgehead atoms. The standard InChI is InChI=1S/C7H13N.C3H3NO/c1-4-8-5-2-7(1)3-6-8;1-2-5-3-4-1/h7H,1-6H2;1-3H.